The van der Waals surface area contributed by atoms with E-state index in [9.17, 15) is 9.59 Å². The summed E-state index contributed by atoms with van der Waals surface area (Å²) < 4.78 is 1.71. The van der Waals surface area contributed by atoms with E-state index in [1.54, 1.807) is 17.0 Å². The Morgan fingerprint density at radius 3 is 2.62 bits per heavy atom. The molecule has 0 saturated heterocycles. The highest BCUT2D eigenvalue weighted by atomic mass is 16.4. The van der Waals surface area contributed by atoms with Crippen LogP contribution in [-0.4, -0.2) is 15.6 Å². The van der Waals surface area contributed by atoms with Gasteiger partial charge in [0.25, 0.3) is 0 Å². The summed E-state index contributed by atoms with van der Waals surface area (Å²) in [5.74, 6) is -0.971. The van der Waals surface area contributed by atoms with Crippen molar-refractivity contribution >= 4 is 5.97 Å². The zero-order chi connectivity index (χ0) is 9.68. The maximum absolute atomic E-state index is 10.7. The average molecular weight is 179 g/mol. The number of carbonyl (C=O) groups is 1. The van der Waals surface area contributed by atoms with Gasteiger partial charge in [-0.15, -0.1) is 0 Å². The molecule has 0 amide bonds. The first-order valence-electron chi connectivity index (χ1n) is 3.74. The SMILES string of the molecule is O=C(O)C=CCn1ccc(=O)cc1. The summed E-state index contributed by atoms with van der Waals surface area (Å²) in [6.07, 6.45) is 5.79. The molecule has 1 aromatic rings. The van der Waals surface area contributed by atoms with Crippen molar-refractivity contribution in [3.63, 3.8) is 0 Å². The molecule has 68 valence electrons. The summed E-state index contributed by atoms with van der Waals surface area (Å²) in [4.78, 5) is 20.8. The number of rotatable bonds is 3. The van der Waals surface area contributed by atoms with Crippen molar-refractivity contribution in [2.24, 2.45) is 0 Å². The zero-order valence-electron chi connectivity index (χ0n) is 6.88. The molecule has 0 aromatic carbocycles. The molecule has 0 atom stereocenters. The number of allylic oxidation sites excluding steroid dienone is 1. The van der Waals surface area contributed by atoms with Crippen LogP contribution in [0, 0.1) is 0 Å². The summed E-state index contributed by atoms with van der Waals surface area (Å²) in [5.41, 5.74) is -0.0570. The average Bonchev–Trinajstić information content (AvgIpc) is 2.08. The van der Waals surface area contributed by atoms with Gasteiger partial charge in [-0.05, 0) is 0 Å². The van der Waals surface area contributed by atoms with Crippen LogP contribution in [-0.2, 0) is 11.3 Å². The molecule has 13 heavy (non-hydrogen) atoms. The summed E-state index contributed by atoms with van der Waals surface area (Å²) >= 11 is 0. The number of hydrogen-bond donors (Lipinski definition) is 1. The molecule has 0 saturated carbocycles. The Labute approximate surface area is 74.7 Å². The third-order valence-electron chi connectivity index (χ3n) is 1.44. The molecule has 0 unspecified atom stereocenters. The van der Waals surface area contributed by atoms with Gasteiger partial charge in [0.05, 0.1) is 0 Å². The van der Waals surface area contributed by atoms with E-state index in [2.05, 4.69) is 0 Å². The lowest BCUT2D eigenvalue weighted by molar-refractivity contribution is -0.131. The first-order chi connectivity index (χ1) is 6.18. The number of pyridine rings is 1. The van der Waals surface area contributed by atoms with Crippen molar-refractivity contribution in [2.75, 3.05) is 0 Å². The minimum atomic E-state index is -0.971. The fourth-order valence-electron chi connectivity index (χ4n) is 0.841. The van der Waals surface area contributed by atoms with E-state index < -0.39 is 5.97 Å². The Kier molecular flexibility index (Phi) is 3.03. The van der Waals surface area contributed by atoms with Crippen LogP contribution < -0.4 is 5.43 Å². The van der Waals surface area contributed by atoms with Gasteiger partial charge in [0.15, 0.2) is 5.43 Å². The molecule has 1 rings (SSSR count). The second-order valence-electron chi connectivity index (χ2n) is 2.47. The van der Waals surface area contributed by atoms with Gasteiger partial charge in [-0.2, -0.15) is 0 Å². The van der Waals surface area contributed by atoms with Crippen molar-refractivity contribution in [3.8, 4) is 0 Å². The smallest absolute Gasteiger partial charge is 0.328 e. The van der Waals surface area contributed by atoms with E-state index in [1.807, 2.05) is 0 Å². The Balaban J connectivity index is 2.60. The predicted molar refractivity (Wildman–Crippen MR) is 47.5 cm³/mol. The molecule has 0 spiro atoms. The van der Waals surface area contributed by atoms with Crippen molar-refractivity contribution in [2.45, 2.75) is 6.54 Å². The first kappa shape index (κ1) is 9.25. The molecular formula is C9H9NO3. The quantitative estimate of drug-likeness (QED) is 0.687. The fraction of sp³-hybridized carbons (Fsp3) is 0.111. The van der Waals surface area contributed by atoms with E-state index in [0.29, 0.717) is 6.54 Å². The van der Waals surface area contributed by atoms with Gasteiger partial charge in [-0.1, -0.05) is 6.08 Å². The van der Waals surface area contributed by atoms with Gasteiger partial charge in [-0.25, -0.2) is 4.79 Å². The summed E-state index contributed by atoms with van der Waals surface area (Å²) in [5, 5.41) is 8.29. The van der Waals surface area contributed by atoms with Crippen LogP contribution in [0.25, 0.3) is 0 Å². The van der Waals surface area contributed by atoms with Crippen LogP contribution in [0.3, 0.4) is 0 Å². The molecule has 0 aliphatic rings. The molecule has 1 N–H and O–H groups in total. The van der Waals surface area contributed by atoms with Crippen molar-refractivity contribution < 1.29 is 9.90 Å². The highest BCUT2D eigenvalue weighted by molar-refractivity contribution is 5.79. The molecule has 0 fully saturated rings. The lowest BCUT2D eigenvalue weighted by Crippen LogP contribution is -2.02. The maximum atomic E-state index is 10.7. The molecule has 1 aromatic heterocycles. The van der Waals surface area contributed by atoms with Crippen molar-refractivity contribution in [1.82, 2.24) is 4.57 Å². The molecule has 0 aliphatic carbocycles. The van der Waals surface area contributed by atoms with Gasteiger partial charge in [0, 0.05) is 37.1 Å². The van der Waals surface area contributed by atoms with E-state index in [1.165, 1.54) is 18.2 Å². The number of carboxylic acid groups (broad SMARTS) is 1. The standard InChI is InChI=1S/C9H9NO3/c11-8-3-6-10(7-4-8)5-1-2-9(12)13/h1-4,6-7H,5H2,(H,12,13). The van der Waals surface area contributed by atoms with Crippen molar-refractivity contribution in [1.29, 1.82) is 0 Å². The second kappa shape index (κ2) is 4.25. The molecule has 4 nitrogen and oxygen atoms in total. The highest BCUT2D eigenvalue weighted by Crippen LogP contribution is 1.85. The minimum absolute atomic E-state index is 0.0570. The molecule has 0 bridgehead atoms. The van der Waals surface area contributed by atoms with Crippen LogP contribution in [0.2, 0.25) is 0 Å². The Bertz CT molecular complexity index is 358. The van der Waals surface area contributed by atoms with Crippen LogP contribution in [0.5, 0.6) is 0 Å². The van der Waals surface area contributed by atoms with Gasteiger partial charge in [0.1, 0.15) is 0 Å². The number of hydrogen-bond acceptors (Lipinski definition) is 2. The third kappa shape index (κ3) is 3.37. The topological polar surface area (TPSA) is 59.3 Å². The fourth-order valence-corrected chi connectivity index (χ4v) is 0.841. The Morgan fingerprint density at radius 1 is 1.46 bits per heavy atom. The molecule has 4 heteroatoms. The molecular weight excluding hydrogens is 170 g/mol. The van der Waals surface area contributed by atoms with Crippen LogP contribution in [0.15, 0.2) is 41.5 Å². The maximum Gasteiger partial charge on any atom is 0.328 e. The van der Waals surface area contributed by atoms with Gasteiger partial charge in [-0.3, -0.25) is 4.79 Å². The number of nitrogens with zero attached hydrogens (tertiary/aromatic N) is 1. The summed E-state index contributed by atoms with van der Waals surface area (Å²) in [6, 6.07) is 2.85. The summed E-state index contributed by atoms with van der Waals surface area (Å²) in [6.45, 7) is 0.451. The second-order valence-corrected chi connectivity index (χ2v) is 2.47. The predicted octanol–water partition coefficient (Wildman–Crippen LogP) is 0.489. The van der Waals surface area contributed by atoms with E-state index in [0.717, 1.165) is 6.08 Å². The molecule has 0 aliphatic heterocycles. The zero-order valence-corrected chi connectivity index (χ0v) is 6.88. The number of carboxylic acids is 1. The van der Waals surface area contributed by atoms with Crippen LogP contribution >= 0.6 is 0 Å². The Hall–Kier alpha value is -1.84. The highest BCUT2D eigenvalue weighted by Gasteiger charge is 1.87. The van der Waals surface area contributed by atoms with Gasteiger partial charge in [0.2, 0.25) is 0 Å². The van der Waals surface area contributed by atoms with E-state index >= 15 is 0 Å². The third-order valence-corrected chi connectivity index (χ3v) is 1.44. The van der Waals surface area contributed by atoms with Gasteiger partial charge < -0.3 is 9.67 Å². The summed E-state index contributed by atoms with van der Waals surface area (Å²) in [7, 11) is 0. The lowest BCUT2D eigenvalue weighted by atomic mass is 10.4. The lowest BCUT2D eigenvalue weighted by Gasteiger charge is -1.98. The molecule has 1 heterocycles. The first-order valence-corrected chi connectivity index (χ1v) is 3.74. The normalized spacial score (nSPS) is 10.5. The van der Waals surface area contributed by atoms with Crippen molar-refractivity contribution in [3.05, 3.63) is 46.9 Å². The van der Waals surface area contributed by atoms with E-state index in [4.69, 9.17) is 5.11 Å². The molecule has 0 radical (unpaired) electrons. The Morgan fingerprint density at radius 2 is 2.08 bits per heavy atom. The number of aromatic nitrogens is 1. The largest absolute Gasteiger partial charge is 0.478 e. The van der Waals surface area contributed by atoms with Crippen LogP contribution in [0.4, 0.5) is 0 Å². The van der Waals surface area contributed by atoms with Crippen LogP contribution in [0.1, 0.15) is 0 Å². The van der Waals surface area contributed by atoms with E-state index in [-0.39, 0.29) is 5.43 Å². The minimum Gasteiger partial charge on any atom is -0.478 e. The monoisotopic (exact) mass is 179 g/mol. The van der Waals surface area contributed by atoms with Gasteiger partial charge >= 0.3 is 5.97 Å². The number of aliphatic carboxylic acids is 1.